The van der Waals surface area contributed by atoms with Crippen LogP contribution < -0.4 is 5.32 Å². The topological polar surface area (TPSA) is 83.6 Å². The molecule has 0 spiro atoms. The molecule has 0 bridgehead atoms. The van der Waals surface area contributed by atoms with Gasteiger partial charge in [0.1, 0.15) is 5.82 Å². The van der Waals surface area contributed by atoms with Crippen LogP contribution in [0.15, 0.2) is 54.6 Å². The van der Waals surface area contributed by atoms with Crippen LogP contribution in [-0.4, -0.2) is 32.4 Å². The zero-order valence-electron chi connectivity index (χ0n) is 17.8. The van der Waals surface area contributed by atoms with Gasteiger partial charge in [-0.1, -0.05) is 25.5 Å². The number of nitrogens with zero attached hydrogens (tertiary/aromatic N) is 3. The van der Waals surface area contributed by atoms with E-state index in [-0.39, 0.29) is 5.91 Å². The molecule has 0 aliphatic heterocycles. The van der Waals surface area contributed by atoms with Crippen LogP contribution in [0.2, 0.25) is 0 Å². The molecule has 1 aliphatic carbocycles. The van der Waals surface area contributed by atoms with Gasteiger partial charge in [-0.15, -0.1) is 0 Å². The first-order valence-corrected chi connectivity index (χ1v) is 10.7. The summed E-state index contributed by atoms with van der Waals surface area (Å²) in [6, 6.07) is 5.52. The van der Waals surface area contributed by atoms with E-state index in [1.807, 2.05) is 12.3 Å². The van der Waals surface area contributed by atoms with Gasteiger partial charge in [0.25, 0.3) is 5.91 Å². The summed E-state index contributed by atoms with van der Waals surface area (Å²) in [5.74, 6) is 2.80. The van der Waals surface area contributed by atoms with E-state index < -0.39 is 0 Å². The van der Waals surface area contributed by atoms with Gasteiger partial charge < -0.3 is 10.3 Å². The Bertz CT molecular complexity index is 1010. The number of rotatable bonds is 6. The lowest BCUT2D eigenvalue weighted by atomic mass is 9.69. The van der Waals surface area contributed by atoms with Crippen LogP contribution >= 0.6 is 0 Å². The van der Waals surface area contributed by atoms with Gasteiger partial charge in [-0.25, -0.2) is 4.98 Å². The Morgan fingerprint density at radius 3 is 2.80 bits per heavy atom. The number of imidazole rings is 1. The molecule has 0 fully saturated rings. The minimum Gasteiger partial charge on any atom is -0.351 e. The number of pyridine rings is 2. The van der Waals surface area contributed by atoms with E-state index in [0.29, 0.717) is 35.8 Å². The fourth-order valence-corrected chi connectivity index (χ4v) is 4.56. The van der Waals surface area contributed by atoms with Gasteiger partial charge >= 0.3 is 0 Å². The molecule has 3 unspecified atom stereocenters. The summed E-state index contributed by atoms with van der Waals surface area (Å²) in [5.41, 5.74) is 3.94. The molecule has 3 heterocycles. The van der Waals surface area contributed by atoms with Gasteiger partial charge in [-0.05, 0) is 55.2 Å². The lowest BCUT2D eigenvalue weighted by Gasteiger charge is -2.37. The highest BCUT2D eigenvalue weighted by Crippen LogP contribution is 2.38. The minimum atomic E-state index is -0.0605. The van der Waals surface area contributed by atoms with E-state index >= 15 is 0 Å². The summed E-state index contributed by atoms with van der Waals surface area (Å²) >= 11 is 0. The number of amides is 1. The van der Waals surface area contributed by atoms with Crippen LogP contribution in [0.1, 0.15) is 43.4 Å². The van der Waals surface area contributed by atoms with Gasteiger partial charge in [-0.3, -0.25) is 14.8 Å². The molecule has 0 saturated heterocycles. The number of aromatic amines is 1. The molecule has 6 nitrogen and oxygen atoms in total. The van der Waals surface area contributed by atoms with Crippen LogP contribution in [0, 0.1) is 23.7 Å². The minimum absolute atomic E-state index is 0.0605. The van der Waals surface area contributed by atoms with Gasteiger partial charge in [0.05, 0.1) is 22.8 Å². The normalized spacial score (nSPS) is 21.6. The summed E-state index contributed by atoms with van der Waals surface area (Å²) in [6.45, 7) is 7.41. The van der Waals surface area contributed by atoms with Gasteiger partial charge in [0, 0.05) is 31.6 Å². The quantitative estimate of drug-likeness (QED) is 0.605. The number of hydrogen-bond donors (Lipinski definition) is 2. The maximum Gasteiger partial charge on any atom is 0.252 e. The van der Waals surface area contributed by atoms with E-state index in [2.05, 4.69) is 47.1 Å². The highest BCUT2D eigenvalue weighted by molar-refractivity contribution is 5.93. The summed E-state index contributed by atoms with van der Waals surface area (Å²) in [5, 5.41) is 3.11. The van der Waals surface area contributed by atoms with Crippen molar-refractivity contribution in [3.8, 4) is 0 Å². The summed E-state index contributed by atoms with van der Waals surface area (Å²) in [7, 11) is 0. The first kappa shape index (κ1) is 20.3. The number of nitrogens with one attached hydrogen (secondary N) is 2. The number of carbonyl (C=O) groups is 1. The van der Waals surface area contributed by atoms with Crippen LogP contribution in [0.5, 0.6) is 0 Å². The molecule has 3 aromatic heterocycles. The lowest BCUT2D eigenvalue weighted by Crippen LogP contribution is -2.37. The molecule has 0 radical (unpaired) electrons. The number of carbonyl (C=O) groups excluding carboxylic acids is 1. The fraction of sp³-hybridized carbons (Fsp3) is 0.417. The van der Waals surface area contributed by atoms with Gasteiger partial charge in [0.15, 0.2) is 0 Å². The molecular weight excluding hydrogens is 374 g/mol. The third-order valence-corrected chi connectivity index (χ3v) is 6.28. The summed E-state index contributed by atoms with van der Waals surface area (Å²) in [6.07, 6.45) is 11.3. The van der Waals surface area contributed by atoms with Gasteiger partial charge in [-0.2, -0.15) is 0 Å². The van der Waals surface area contributed by atoms with E-state index in [4.69, 9.17) is 4.98 Å². The first-order valence-electron chi connectivity index (χ1n) is 10.7. The van der Waals surface area contributed by atoms with Crippen molar-refractivity contribution in [1.29, 1.82) is 0 Å². The molecule has 0 saturated carbocycles. The number of hydrogen-bond acceptors (Lipinski definition) is 4. The largest absolute Gasteiger partial charge is 0.351 e. The van der Waals surface area contributed by atoms with E-state index in [0.717, 1.165) is 29.7 Å². The molecule has 156 valence electrons. The second kappa shape index (κ2) is 8.78. The molecule has 4 rings (SSSR count). The summed E-state index contributed by atoms with van der Waals surface area (Å²) < 4.78 is 0. The molecule has 1 aliphatic rings. The molecule has 6 heteroatoms. The Morgan fingerprint density at radius 1 is 1.23 bits per heavy atom. The van der Waals surface area contributed by atoms with Crippen LogP contribution in [-0.2, 0) is 6.42 Å². The van der Waals surface area contributed by atoms with Crippen molar-refractivity contribution in [3.63, 3.8) is 0 Å². The van der Waals surface area contributed by atoms with Crippen molar-refractivity contribution in [2.24, 2.45) is 23.7 Å². The van der Waals surface area contributed by atoms with Crippen molar-refractivity contribution in [1.82, 2.24) is 25.3 Å². The highest BCUT2D eigenvalue weighted by Gasteiger charge is 2.32. The number of allylic oxidation sites excluding steroid dienone is 1. The van der Waals surface area contributed by atoms with Crippen molar-refractivity contribution < 1.29 is 4.79 Å². The molecule has 3 atom stereocenters. The van der Waals surface area contributed by atoms with E-state index in [1.165, 1.54) is 5.57 Å². The van der Waals surface area contributed by atoms with Crippen LogP contribution in [0.25, 0.3) is 11.0 Å². The average molecular weight is 404 g/mol. The zero-order chi connectivity index (χ0) is 21.1. The Kier molecular flexibility index (Phi) is 5.93. The SMILES string of the molecule is CC1=CC(CNC(=O)c2cccnc2)C(C(C)C)CC1Cc1nc2ccncc2[nH]1. The Morgan fingerprint density at radius 2 is 2.07 bits per heavy atom. The molecule has 3 aromatic rings. The lowest BCUT2D eigenvalue weighted by molar-refractivity contribution is 0.0938. The number of H-pyrrole nitrogens is 1. The Hall–Kier alpha value is -3.02. The Labute approximate surface area is 177 Å². The molecular formula is C24H29N5O. The van der Waals surface area contributed by atoms with Crippen LogP contribution in [0.3, 0.4) is 0 Å². The van der Waals surface area contributed by atoms with Crippen molar-refractivity contribution in [2.45, 2.75) is 33.6 Å². The maximum absolute atomic E-state index is 12.4. The fourth-order valence-electron chi connectivity index (χ4n) is 4.56. The van der Waals surface area contributed by atoms with Crippen molar-refractivity contribution in [3.05, 3.63) is 66.0 Å². The number of aromatic nitrogens is 4. The van der Waals surface area contributed by atoms with Crippen LogP contribution in [0.4, 0.5) is 0 Å². The average Bonchev–Trinajstić information content (AvgIpc) is 3.16. The third-order valence-electron chi connectivity index (χ3n) is 6.28. The zero-order valence-corrected chi connectivity index (χ0v) is 17.8. The highest BCUT2D eigenvalue weighted by atomic mass is 16.1. The summed E-state index contributed by atoms with van der Waals surface area (Å²) in [4.78, 5) is 28.8. The molecule has 0 aromatic carbocycles. The van der Waals surface area contributed by atoms with Crippen molar-refractivity contribution >= 4 is 16.9 Å². The molecule has 30 heavy (non-hydrogen) atoms. The van der Waals surface area contributed by atoms with Gasteiger partial charge in [0.2, 0.25) is 0 Å². The third kappa shape index (κ3) is 4.42. The standard InChI is InChI=1S/C24H29N5O/c1-15(2)20-10-18(11-23-28-21-6-8-26-14-22(21)29-23)16(3)9-19(20)13-27-24(30)17-5-4-7-25-12-17/h4-9,12,14-15,18-20H,10-11,13H2,1-3H3,(H,27,30)(H,28,29). The first-order chi connectivity index (χ1) is 14.5. The second-order valence-corrected chi connectivity index (χ2v) is 8.65. The second-order valence-electron chi connectivity index (χ2n) is 8.65. The predicted octanol–water partition coefficient (Wildman–Crippen LogP) is 4.18. The van der Waals surface area contributed by atoms with E-state index in [9.17, 15) is 4.79 Å². The van der Waals surface area contributed by atoms with E-state index in [1.54, 1.807) is 30.7 Å². The molecule has 2 N–H and O–H groups in total. The molecule has 1 amide bonds. The predicted molar refractivity (Wildman–Crippen MR) is 118 cm³/mol. The van der Waals surface area contributed by atoms with Crippen molar-refractivity contribution in [2.75, 3.05) is 6.54 Å². The Balaban J connectivity index is 1.46. The monoisotopic (exact) mass is 403 g/mol. The maximum atomic E-state index is 12.4. The smallest absolute Gasteiger partial charge is 0.252 e. The number of fused-ring (bicyclic) bond motifs is 1.